The Hall–Kier alpha value is -0.610. The molecule has 0 aromatic rings. The SMILES string of the molecule is CCCC(N)CC(=O)NCC1CCN(C)C1. The highest BCUT2D eigenvalue weighted by molar-refractivity contribution is 5.76. The second-order valence-corrected chi connectivity index (χ2v) is 4.97. The van der Waals surface area contributed by atoms with E-state index in [0.717, 1.165) is 32.5 Å². The quantitative estimate of drug-likeness (QED) is 0.697. The van der Waals surface area contributed by atoms with Crippen molar-refractivity contribution in [2.45, 2.75) is 38.6 Å². The van der Waals surface area contributed by atoms with Gasteiger partial charge in [-0.1, -0.05) is 13.3 Å². The molecule has 3 N–H and O–H groups in total. The molecule has 0 aromatic carbocycles. The third-order valence-corrected chi connectivity index (χ3v) is 3.18. The van der Waals surface area contributed by atoms with Gasteiger partial charge in [0.25, 0.3) is 0 Å². The summed E-state index contributed by atoms with van der Waals surface area (Å²) in [6.07, 6.45) is 3.63. The van der Waals surface area contributed by atoms with Crippen molar-refractivity contribution in [1.82, 2.24) is 10.2 Å². The second kappa shape index (κ2) is 6.86. The maximum Gasteiger partial charge on any atom is 0.221 e. The number of amides is 1. The van der Waals surface area contributed by atoms with Crippen LogP contribution in [0, 0.1) is 5.92 Å². The number of likely N-dealkylation sites (tertiary alicyclic amines) is 1. The number of carbonyl (C=O) groups excluding carboxylic acids is 1. The van der Waals surface area contributed by atoms with Gasteiger partial charge >= 0.3 is 0 Å². The van der Waals surface area contributed by atoms with Crippen LogP contribution in [0.2, 0.25) is 0 Å². The maximum atomic E-state index is 11.6. The Morgan fingerprint density at radius 2 is 2.38 bits per heavy atom. The number of nitrogens with one attached hydrogen (secondary N) is 1. The van der Waals surface area contributed by atoms with Gasteiger partial charge in [-0.15, -0.1) is 0 Å². The molecule has 4 heteroatoms. The number of nitrogens with zero attached hydrogens (tertiary/aromatic N) is 1. The topological polar surface area (TPSA) is 58.4 Å². The van der Waals surface area contributed by atoms with Crippen LogP contribution in [0.3, 0.4) is 0 Å². The Balaban J connectivity index is 2.10. The summed E-state index contributed by atoms with van der Waals surface area (Å²) >= 11 is 0. The van der Waals surface area contributed by atoms with Gasteiger partial charge in [0, 0.05) is 25.6 Å². The summed E-state index contributed by atoms with van der Waals surface area (Å²) in [6, 6.07) is 0.0243. The molecule has 2 atom stereocenters. The molecule has 0 aliphatic carbocycles. The molecule has 2 unspecified atom stereocenters. The van der Waals surface area contributed by atoms with Crippen molar-refractivity contribution in [2.75, 3.05) is 26.7 Å². The van der Waals surface area contributed by atoms with Gasteiger partial charge in [-0.3, -0.25) is 4.79 Å². The van der Waals surface area contributed by atoms with Crippen molar-refractivity contribution in [2.24, 2.45) is 11.7 Å². The number of nitrogens with two attached hydrogens (primary N) is 1. The van der Waals surface area contributed by atoms with Crippen LogP contribution in [-0.4, -0.2) is 43.5 Å². The smallest absolute Gasteiger partial charge is 0.221 e. The Labute approximate surface area is 98.6 Å². The first-order chi connectivity index (χ1) is 7.61. The maximum absolute atomic E-state index is 11.6. The van der Waals surface area contributed by atoms with Crippen LogP contribution in [-0.2, 0) is 4.79 Å². The molecule has 1 amide bonds. The first kappa shape index (κ1) is 13.5. The lowest BCUT2D eigenvalue weighted by molar-refractivity contribution is -0.121. The standard InChI is InChI=1S/C12H25N3O/c1-3-4-11(13)7-12(16)14-8-10-5-6-15(2)9-10/h10-11H,3-9,13H2,1-2H3,(H,14,16). The van der Waals surface area contributed by atoms with Crippen molar-refractivity contribution < 1.29 is 4.79 Å². The van der Waals surface area contributed by atoms with Crippen LogP contribution in [0.5, 0.6) is 0 Å². The van der Waals surface area contributed by atoms with Gasteiger partial charge < -0.3 is 16.0 Å². The number of carbonyl (C=O) groups is 1. The first-order valence-electron chi connectivity index (χ1n) is 6.32. The molecule has 0 bridgehead atoms. The summed E-state index contributed by atoms with van der Waals surface area (Å²) < 4.78 is 0. The third-order valence-electron chi connectivity index (χ3n) is 3.18. The number of hydrogen-bond acceptors (Lipinski definition) is 3. The van der Waals surface area contributed by atoms with Crippen LogP contribution < -0.4 is 11.1 Å². The molecule has 1 fully saturated rings. The molecule has 4 nitrogen and oxygen atoms in total. The summed E-state index contributed by atoms with van der Waals surface area (Å²) in [5, 5.41) is 2.99. The third kappa shape index (κ3) is 4.94. The fourth-order valence-electron chi connectivity index (χ4n) is 2.23. The minimum atomic E-state index is 0.0243. The molecule has 1 rings (SSSR count). The van der Waals surface area contributed by atoms with Crippen LogP contribution in [0.15, 0.2) is 0 Å². The Morgan fingerprint density at radius 1 is 1.62 bits per heavy atom. The molecule has 94 valence electrons. The summed E-state index contributed by atoms with van der Waals surface area (Å²) in [5.41, 5.74) is 5.82. The average molecular weight is 227 g/mol. The highest BCUT2D eigenvalue weighted by atomic mass is 16.1. The van der Waals surface area contributed by atoms with Gasteiger partial charge in [0.15, 0.2) is 0 Å². The molecule has 1 aliphatic rings. The first-order valence-corrected chi connectivity index (χ1v) is 6.32. The van der Waals surface area contributed by atoms with E-state index in [1.165, 1.54) is 6.42 Å². The van der Waals surface area contributed by atoms with E-state index in [2.05, 4.69) is 24.2 Å². The predicted molar refractivity (Wildman–Crippen MR) is 66.1 cm³/mol. The monoisotopic (exact) mass is 227 g/mol. The summed E-state index contributed by atoms with van der Waals surface area (Å²) in [5.74, 6) is 0.729. The zero-order chi connectivity index (χ0) is 12.0. The lowest BCUT2D eigenvalue weighted by Gasteiger charge is -2.13. The van der Waals surface area contributed by atoms with Crippen molar-refractivity contribution in [3.8, 4) is 0 Å². The van der Waals surface area contributed by atoms with Gasteiger partial charge in [0.1, 0.15) is 0 Å². The Bertz CT molecular complexity index is 220. The normalized spacial score (nSPS) is 23.3. The van der Waals surface area contributed by atoms with Gasteiger partial charge in [-0.2, -0.15) is 0 Å². The molecular formula is C12H25N3O. The lowest BCUT2D eigenvalue weighted by atomic mass is 10.1. The van der Waals surface area contributed by atoms with E-state index in [4.69, 9.17) is 5.73 Å². The Morgan fingerprint density at radius 3 is 2.94 bits per heavy atom. The summed E-state index contributed by atoms with van der Waals surface area (Å²) in [4.78, 5) is 13.9. The zero-order valence-corrected chi connectivity index (χ0v) is 10.5. The van der Waals surface area contributed by atoms with Gasteiger partial charge in [-0.25, -0.2) is 0 Å². The number of hydrogen-bond donors (Lipinski definition) is 2. The molecule has 0 aromatic heterocycles. The van der Waals surface area contributed by atoms with Gasteiger partial charge in [0.2, 0.25) is 5.91 Å². The van der Waals surface area contributed by atoms with Crippen molar-refractivity contribution in [3.63, 3.8) is 0 Å². The summed E-state index contributed by atoms with van der Waals surface area (Å²) in [6.45, 7) is 5.14. The van der Waals surface area contributed by atoms with Crippen molar-refractivity contribution in [3.05, 3.63) is 0 Å². The van der Waals surface area contributed by atoms with Crippen LogP contribution >= 0.6 is 0 Å². The van der Waals surface area contributed by atoms with E-state index in [1.54, 1.807) is 0 Å². The Kier molecular flexibility index (Phi) is 5.77. The van der Waals surface area contributed by atoms with Crippen LogP contribution in [0.4, 0.5) is 0 Å². The number of rotatable bonds is 6. The fraction of sp³-hybridized carbons (Fsp3) is 0.917. The fourth-order valence-corrected chi connectivity index (χ4v) is 2.23. The molecule has 16 heavy (non-hydrogen) atoms. The van der Waals surface area contributed by atoms with E-state index in [0.29, 0.717) is 12.3 Å². The van der Waals surface area contributed by atoms with E-state index >= 15 is 0 Å². The van der Waals surface area contributed by atoms with Gasteiger partial charge in [0.05, 0.1) is 0 Å². The van der Waals surface area contributed by atoms with E-state index in [-0.39, 0.29) is 11.9 Å². The molecule has 1 heterocycles. The van der Waals surface area contributed by atoms with E-state index in [9.17, 15) is 4.79 Å². The molecule has 0 saturated carbocycles. The van der Waals surface area contributed by atoms with Gasteiger partial charge in [-0.05, 0) is 32.4 Å². The molecule has 1 aliphatic heterocycles. The highest BCUT2D eigenvalue weighted by Gasteiger charge is 2.19. The van der Waals surface area contributed by atoms with Crippen molar-refractivity contribution in [1.29, 1.82) is 0 Å². The van der Waals surface area contributed by atoms with E-state index < -0.39 is 0 Å². The summed E-state index contributed by atoms with van der Waals surface area (Å²) in [7, 11) is 2.12. The molecule has 0 radical (unpaired) electrons. The van der Waals surface area contributed by atoms with Crippen LogP contribution in [0.25, 0.3) is 0 Å². The lowest BCUT2D eigenvalue weighted by Crippen LogP contribution is -2.35. The predicted octanol–water partition coefficient (Wildman–Crippen LogP) is 0.572. The highest BCUT2D eigenvalue weighted by Crippen LogP contribution is 2.12. The molecule has 1 saturated heterocycles. The molecule has 0 spiro atoms. The van der Waals surface area contributed by atoms with Crippen molar-refractivity contribution >= 4 is 5.91 Å². The minimum Gasteiger partial charge on any atom is -0.356 e. The second-order valence-electron chi connectivity index (χ2n) is 4.97. The van der Waals surface area contributed by atoms with E-state index in [1.807, 2.05) is 0 Å². The van der Waals surface area contributed by atoms with Crippen LogP contribution in [0.1, 0.15) is 32.6 Å². The molecular weight excluding hydrogens is 202 g/mol. The zero-order valence-electron chi connectivity index (χ0n) is 10.5. The average Bonchev–Trinajstić information content (AvgIpc) is 2.61. The largest absolute Gasteiger partial charge is 0.356 e. The minimum absolute atomic E-state index is 0.0243.